The molecular weight excluding hydrogens is 272 g/mol. The number of fused-ring (bicyclic) bond motifs is 1. The maximum atomic E-state index is 11.3. The Balaban J connectivity index is 1.91. The molecule has 0 saturated carbocycles. The van der Waals surface area contributed by atoms with Gasteiger partial charge >= 0.3 is 0 Å². The molecule has 3 rings (SSSR count). The molecule has 2 aliphatic heterocycles. The molecule has 2 fully saturated rings. The van der Waals surface area contributed by atoms with Crippen molar-refractivity contribution in [1.29, 1.82) is 5.26 Å². The average molecular weight is 288 g/mol. The molecule has 1 aromatic rings. The molecule has 2 heterocycles. The van der Waals surface area contributed by atoms with E-state index in [0.29, 0.717) is 30.9 Å². The lowest BCUT2D eigenvalue weighted by atomic mass is 10.1. The fraction of sp³-hybridized carbons (Fsp3) is 0.500. The van der Waals surface area contributed by atoms with Crippen LogP contribution in [0.25, 0.3) is 0 Å². The summed E-state index contributed by atoms with van der Waals surface area (Å²) in [6.07, 6.45) is 0.0824. The Morgan fingerprint density at radius 3 is 2.95 bits per heavy atom. The number of nitriles is 1. The topological polar surface area (TPSA) is 82.6 Å². The number of nitro groups is 1. The Bertz CT molecular complexity index is 613. The normalized spacial score (nSPS) is 25.4. The second kappa shape index (κ2) is 5.31. The summed E-state index contributed by atoms with van der Waals surface area (Å²) in [5, 5.41) is 20.1. The summed E-state index contributed by atoms with van der Waals surface area (Å²) in [5.74, 6) is 0. The number of anilines is 1. The molecule has 0 aliphatic carbocycles. The number of ether oxygens (including phenoxy) is 1. The zero-order chi connectivity index (χ0) is 15.0. The summed E-state index contributed by atoms with van der Waals surface area (Å²) in [6.45, 7) is 2.92. The van der Waals surface area contributed by atoms with Gasteiger partial charge in [0.2, 0.25) is 0 Å². The van der Waals surface area contributed by atoms with Crippen molar-refractivity contribution in [2.75, 3.05) is 38.2 Å². The monoisotopic (exact) mass is 288 g/mol. The van der Waals surface area contributed by atoms with Crippen molar-refractivity contribution >= 4 is 11.4 Å². The number of hydrogen-bond acceptors (Lipinski definition) is 6. The lowest BCUT2D eigenvalue weighted by Crippen LogP contribution is -2.48. The molecule has 0 bridgehead atoms. The number of nitrogens with zero attached hydrogens (tertiary/aromatic N) is 4. The van der Waals surface area contributed by atoms with E-state index >= 15 is 0 Å². The Morgan fingerprint density at radius 1 is 1.48 bits per heavy atom. The van der Waals surface area contributed by atoms with Crippen LogP contribution in [0.4, 0.5) is 11.4 Å². The van der Waals surface area contributed by atoms with Gasteiger partial charge in [0.25, 0.3) is 5.69 Å². The van der Waals surface area contributed by atoms with E-state index in [9.17, 15) is 10.1 Å². The molecule has 2 atom stereocenters. The van der Waals surface area contributed by atoms with Crippen LogP contribution in [0.2, 0.25) is 0 Å². The molecule has 1 aromatic carbocycles. The van der Waals surface area contributed by atoms with Crippen LogP contribution in [0, 0.1) is 21.4 Å². The average Bonchev–Trinajstić information content (AvgIpc) is 2.92. The maximum absolute atomic E-state index is 11.3. The van der Waals surface area contributed by atoms with E-state index in [-0.39, 0.29) is 17.8 Å². The number of benzene rings is 1. The van der Waals surface area contributed by atoms with E-state index in [4.69, 9.17) is 10.00 Å². The summed E-state index contributed by atoms with van der Waals surface area (Å²) in [7, 11) is 2.05. The van der Waals surface area contributed by atoms with Crippen molar-refractivity contribution in [3.05, 3.63) is 33.9 Å². The molecule has 7 heteroatoms. The van der Waals surface area contributed by atoms with Crippen molar-refractivity contribution in [2.24, 2.45) is 0 Å². The van der Waals surface area contributed by atoms with Gasteiger partial charge < -0.3 is 9.64 Å². The maximum Gasteiger partial charge on any atom is 0.293 e. The second-order valence-electron chi connectivity index (χ2n) is 5.43. The molecule has 21 heavy (non-hydrogen) atoms. The summed E-state index contributed by atoms with van der Waals surface area (Å²) < 4.78 is 5.76. The Morgan fingerprint density at radius 2 is 2.29 bits per heavy atom. The van der Waals surface area contributed by atoms with E-state index in [2.05, 4.69) is 11.9 Å². The van der Waals surface area contributed by atoms with Crippen molar-refractivity contribution in [1.82, 2.24) is 4.90 Å². The minimum absolute atomic E-state index is 0.0182. The van der Waals surface area contributed by atoms with Crippen molar-refractivity contribution in [3.8, 4) is 6.07 Å². The molecule has 7 nitrogen and oxygen atoms in total. The minimum atomic E-state index is -0.428. The van der Waals surface area contributed by atoms with Crippen molar-refractivity contribution in [2.45, 2.75) is 12.1 Å². The molecule has 2 saturated heterocycles. The first kappa shape index (κ1) is 13.8. The largest absolute Gasteiger partial charge is 0.373 e. The van der Waals surface area contributed by atoms with E-state index in [1.165, 1.54) is 6.07 Å². The van der Waals surface area contributed by atoms with Gasteiger partial charge in [-0.1, -0.05) is 0 Å². The van der Waals surface area contributed by atoms with E-state index in [0.717, 1.165) is 6.54 Å². The van der Waals surface area contributed by atoms with Crippen LogP contribution in [-0.4, -0.2) is 55.3 Å². The Hall–Kier alpha value is -2.17. The molecule has 2 aliphatic rings. The Kier molecular flexibility index (Phi) is 3.49. The number of hydrogen-bond donors (Lipinski definition) is 0. The number of morpholine rings is 1. The van der Waals surface area contributed by atoms with Crippen LogP contribution in [0.1, 0.15) is 5.56 Å². The van der Waals surface area contributed by atoms with Gasteiger partial charge in [0, 0.05) is 25.7 Å². The van der Waals surface area contributed by atoms with Crippen LogP contribution in [0.15, 0.2) is 18.2 Å². The van der Waals surface area contributed by atoms with Crippen LogP contribution >= 0.6 is 0 Å². The smallest absolute Gasteiger partial charge is 0.293 e. The molecule has 110 valence electrons. The van der Waals surface area contributed by atoms with Gasteiger partial charge in [0.05, 0.1) is 35.3 Å². The van der Waals surface area contributed by atoms with Gasteiger partial charge in [-0.2, -0.15) is 5.26 Å². The highest BCUT2D eigenvalue weighted by atomic mass is 16.6. The van der Waals surface area contributed by atoms with Gasteiger partial charge in [-0.05, 0) is 19.2 Å². The third-order valence-corrected chi connectivity index (χ3v) is 4.22. The minimum Gasteiger partial charge on any atom is -0.373 e. The predicted molar refractivity (Wildman–Crippen MR) is 76.2 cm³/mol. The standard InChI is InChI=1S/C14H16N4O3/c1-16-4-5-21-14-9-17(8-13(14)16)11-3-2-10(7-15)6-12(11)18(19)20/h2-3,6,13-14H,4-5,8-9H2,1H3. The highest BCUT2D eigenvalue weighted by Gasteiger charge is 2.40. The SMILES string of the molecule is CN1CCOC2CN(c3ccc(C#N)cc3[N+](=O)[O-])CC21. The first-order valence-electron chi connectivity index (χ1n) is 6.85. The quantitative estimate of drug-likeness (QED) is 0.596. The number of rotatable bonds is 2. The van der Waals surface area contributed by atoms with Gasteiger partial charge in [0.15, 0.2) is 0 Å². The van der Waals surface area contributed by atoms with Gasteiger partial charge in [-0.25, -0.2) is 0 Å². The zero-order valence-electron chi connectivity index (χ0n) is 11.7. The van der Waals surface area contributed by atoms with Crippen LogP contribution < -0.4 is 4.90 Å². The fourth-order valence-corrected chi connectivity index (χ4v) is 3.06. The number of nitro benzene ring substituents is 1. The molecule has 0 spiro atoms. The van der Waals surface area contributed by atoms with Crippen LogP contribution in [0.3, 0.4) is 0 Å². The highest BCUT2D eigenvalue weighted by molar-refractivity contribution is 5.66. The molecule has 0 aromatic heterocycles. The third-order valence-electron chi connectivity index (χ3n) is 4.22. The van der Waals surface area contributed by atoms with Crippen molar-refractivity contribution in [3.63, 3.8) is 0 Å². The first-order valence-corrected chi connectivity index (χ1v) is 6.85. The van der Waals surface area contributed by atoms with Crippen LogP contribution in [-0.2, 0) is 4.74 Å². The molecule has 0 N–H and O–H groups in total. The first-order chi connectivity index (χ1) is 10.1. The fourth-order valence-electron chi connectivity index (χ4n) is 3.06. The van der Waals surface area contributed by atoms with Gasteiger partial charge in [0.1, 0.15) is 5.69 Å². The van der Waals surface area contributed by atoms with E-state index < -0.39 is 4.92 Å². The second-order valence-corrected chi connectivity index (χ2v) is 5.43. The third kappa shape index (κ3) is 2.44. The van der Waals surface area contributed by atoms with Gasteiger partial charge in [-0.15, -0.1) is 0 Å². The summed E-state index contributed by atoms with van der Waals surface area (Å²) >= 11 is 0. The highest BCUT2D eigenvalue weighted by Crippen LogP contribution is 2.33. The molecular formula is C14H16N4O3. The summed E-state index contributed by atoms with van der Waals surface area (Å²) in [5.41, 5.74) is 0.844. The number of likely N-dealkylation sites (N-methyl/N-ethyl adjacent to an activating group) is 1. The molecule has 0 amide bonds. The van der Waals surface area contributed by atoms with Crippen molar-refractivity contribution < 1.29 is 9.66 Å². The lowest BCUT2D eigenvalue weighted by molar-refractivity contribution is -0.384. The zero-order valence-corrected chi connectivity index (χ0v) is 11.7. The van der Waals surface area contributed by atoms with Gasteiger partial charge in [-0.3, -0.25) is 15.0 Å². The summed E-state index contributed by atoms with van der Waals surface area (Å²) in [4.78, 5) is 15.0. The Labute approximate surface area is 122 Å². The van der Waals surface area contributed by atoms with E-state index in [1.807, 2.05) is 11.0 Å². The predicted octanol–water partition coefficient (Wildman–Crippen LogP) is 0.986. The lowest BCUT2D eigenvalue weighted by Gasteiger charge is -2.33. The summed E-state index contributed by atoms with van der Waals surface area (Å²) in [6, 6.07) is 6.82. The van der Waals surface area contributed by atoms with Crippen LogP contribution in [0.5, 0.6) is 0 Å². The molecule has 0 radical (unpaired) electrons. The molecule has 2 unspecified atom stereocenters. The van der Waals surface area contributed by atoms with E-state index in [1.54, 1.807) is 12.1 Å².